The molecule has 1 aliphatic rings. The minimum atomic E-state index is 0.222. The topological polar surface area (TPSA) is 74.2 Å². The summed E-state index contributed by atoms with van der Waals surface area (Å²) >= 11 is 1.65. The molecule has 2 aromatic rings. The molecule has 0 bridgehead atoms. The number of nitrogens with zero attached hydrogens (tertiary/aromatic N) is 5. The van der Waals surface area contributed by atoms with E-state index in [1.165, 1.54) is 0 Å². The molecule has 122 valence electrons. The Labute approximate surface area is 139 Å². The quantitative estimate of drug-likeness (QED) is 0.808. The highest BCUT2D eigenvalue weighted by Crippen LogP contribution is 2.19. The fourth-order valence-corrected chi connectivity index (χ4v) is 3.20. The molecule has 1 N–H and O–H groups in total. The molecule has 0 atom stereocenters. The predicted molar refractivity (Wildman–Crippen MR) is 90.7 cm³/mol. The molecule has 1 fully saturated rings. The zero-order valence-electron chi connectivity index (χ0n) is 12.9. The Balaban J connectivity index is 1.35. The first-order valence-corrected chi connectivity index (χ1v) is 8.64. The molecular formula is C15H20N6OS. The molecule has 2 aromatic heterocycles. The highest BCUT2D eigenvalue weighted by molar-refractivity contribution is 7.13. The number of nitrogens with one attached hydrogen (secondary N) is 1. The molecule has 3 heterocycles. The number of carbonyl (C=O) groups excluding carboxylic acids is 1. The number of hydrogen-bond donors (Lipinski definition) is 1. The highest BCUT2D eigenvalue weighted by Gasteiger charge is 2.21. The van der Waals surface area contributed by atoms with Crippen LogP contribution >= 0.6 is 11.3 Å². The van der Waals surface area contributed by atoms with Gasteiger partial charge < -0.3 is 15.1 Å². The molecule has 0 unspecified atom stereocenters. The summed E-state index contributed by atoms with van der Waals surface area (Å²) in [5, 5.41) is 6.15. The van der Waals surface area contributed by atoms with Crippen molar-refractivity contribution >= 4 is 28.3 Å². The van der Waals surface area contributed by atoms with Gasteiger partial charge in [0, 0.05) is 63.1 Å². The second-order valence-electron chi connectivity index (χ2n) is 5.29. The third-order valence-electron chi connectivity index (χ3n) is 3.74. The SMILES string of the molecule is O=C(CCCNc1ncccn1)N1CCN(c2nccs2)CC1. The summed E-state index contributed by atoms with van der Waals surface area (Å²) in [5.41, 5.74) is 0. The number of anilines is 2. The van der Waals surface area contributed by atoms with Crippen LogP contribution in [0.2, 0.25) is 0 Å². The van der Waals surface area contributed by atoms with Gasteiger partial charge in [0.1, 0.15) is 0 Å². The van der Waals surface area contributed by atoms with Crippen molar-refractivity contribution in [3.05, 3.63) is 30.0 Å². The Hall–Kier alpha value is -2.22. The first-order valence-electron chi connectivity index (χ1n) is 7.76. The van der Waals surface area contributed by atoms with Crippen LogP contribution in [0, 0.1) is 0 Å². The zero-order chi connectivity index (χ0) is 15.9. The van der Waals surface area contributed by atoms with Gasteiger partial charge in [-0.2, -0.15) is 0 Å². The van der Waals surface area contributed by atoms with E-state index in [1.807, 2.05) is 16.5 Å². The monoisotopic (exact) mass is 332 g/mol. The molecule has 0 aromatic carbocycles. The lowest BCUT2D eigenvalue weighted by Gasteiger charge is -2.34. The number of carbonyl (C=O) groups is 1. The van der Waals surface area contributed by atoms with Gasteiger partial charge in [0.15, 0.2) is 5.13 Å². The smallest absolute Gasteiger partial charge is 0.222 e. The van der Waals surface area contributed by atoms with E-state index in [4.69, 9.17) is 0 Å². The number of rotatable bonds is 6. The van der Waals surface area contributed by atoms with E-state index in [9.17, 15) is 4.79 Å². The molecular weight excluding hydrogens is 312 g/mol. The van der Waals surface area contributed by atoms with Crippen LogP contribution in [-0.2, 0) is 4.79 Å². The molecule has 3 rings (SSSR count). The third-order valence-corrected chi connectivity index (χ3v) is 4.57. The van der Waals surface area contributed by atoms with Crippen molar-refractivity contribution in [2.75, 3.05) is 42.9 Å². The van der Waals surface area contributed by atoms with Crippen LogP contribution in [0.25, 0.3) is 0 Å². The first-order chi connectivity index (χ1) is 11.3. The summed E-state index contributed by atoms with van der Waals surface area (Å²) in [4.78, 5) is 28.9. The van der Waals surface area contributed by atoms with Gasteiger partial charge in [-0.15, -0.1) is 11.3 Å². The van der Waals surface area contributed by atoms with Crippen molar-refractivity contribution in [1.29, 1.82) is 0 Å². The van der Waals surface area contributed by atoms with Gasteiger partial charge >= 0.3 is 0 Å². The van der Waals surface area contributed by atoms with Crippen molar-refractivity contribution in [2.24, 2.45) is 0 Å². The highest BCUT2D eigenvalue weighted by atomic mass is 32.1. The summed E-state index contributed by atoms with van der Waals surface area (Å²) in [6.45, 7) is 3.96. The maximum Gasteiger partial charge on any atom is 0.222 e. The van der Waals surface area contributed by atoms with E-state index < -0.39 is 0 Å². The number of aromatic nitrogens is 3. The zero-order valence-corrected chi connectivity index (χ0v) is 13.7. The average Bonchev–Trinajstić information content (AvgIpc) is 3.14. The Morgan fingerprint density at radius 3 is 2.61 bits per heavy atom. The summed E-state index contributed by atoms with van der Waals surface area (Å²) in [6, 6.07) is 1.78. The molecule has 0 saturated carbocycles. The number of piperazine rings is 1. The Kier molecular flexibility index (Phi) is 5.36. The fraction of sp³-hybridized carbons (Fsp3) is 0.467. The van der Waals surface area contributed by atoms with Crippen LogP contribution in [-0.4, -0.2) is 58.5 Å². The second kappa shape index (κ2) is 7.87. The van der Waals surface area contributed by atoms with Crippen molar-refractivity contribution in [1.82, 2.24) is 19.9 Å². The molecule has 8 heteroatoms. The maximum absolute atomic E-state index is 12.2. The summed E-state index contributed by atoms with van der Waals surface area (Å²) in [6.07, 6.45) is 6.55. The van der Waals surface area contributed by atoms with E-state index in [1.54, 1.807) is 29.8 Å². The lowest BCUT2D eigenvalue weighted by molar-refractivity contribution is -0.131. The fourth-order valence-electron chi connectivity index (χ4n) is 2.51. The predicted octanol–water partition coefficient (Wildman–Crippen LogP) is 1.47. The van der Waals surface area contributed by atoms with Crippen LogP contribution in [0.5, 0.6) is 0 Å². The van der Waals surface area contributed by atoms with Crippen LogP contribution < -0.4 is 10.2 Å². The lowest BCUT2D eigenvalue weighted by atomic mass is 10.2. The van der Waals surface area contributed by atoms with E-state index in [0.717, 1.165) is 37.7 Å². The summed E-state index contributed by atoms with van der Waals surface area (Å²) < 4.78 is 0. The summed E-state index contributed by atoms with van der Waals surface area (Å²) in [5.74, 6) is 0.830. The minimum absolute atomic E-state index is 0.222. The van der Waals surface area contributed by atoms with Crippen LogP contribution in [0.1, 0.15) is 12.8 Å². The first kappa shape index (κ1) is 15.7. The van der Waals surface area contributed by atoms with E-state index in [0.29, 0.717) is 18.9 Å². The van der Waals surface area contributed by atoms with Gasteiger partial charge in [-0.05, 0) is 12.5 Å². The molecule has 0 spiro atoms. The average molecular weight is 332 g/mol. The second-order valence-corrected chi connectivity index (χ2v) is 6.16. The Morgan fingerprint density at radius 2 is 1.91 bits per heavy atom. The van der Waals surface area contributed by atoms with Gasteiger partial charge in [0.05, 0.1) is 0 Å². The molecule has 23 heavy (non-hydrogen) atoms. The minimum Gasteiger partial charge on any atom is -0.354 e. The van der Waals surface area contributed by atoms with Gasteiger partial charge in [0.25, 0.3) is 0 Å². The third kappa shape index (κ3) is 4.38. The standard InChI is InChI=1S/C15H20N6OS/c22-13(3-1-4-16-14-17-5-2-6-18-14)20-8-10-21(11-9-20)15-19-7-12-23-15/h2,5-7,12H,1,3-4,8-11H2,(H,16,17,18). The van der Waals surface area contributed by atoms with E-state index >= 15 is 0 Å². The molecule has 0 aliphatic carbocycles. The van der Waals surface area contributed by atoms with Crippen molar-refractivity contribution in [3.63, 3.8) is 0 Å². The molecule has 1 amide bonds. The van der Waals surface area contributed by atoms with Gasteiger partial charge in [-0.25, -0.2) is 15.0 Å². The lowest BCUT2D eigenvalue weighted by Crippen LogP contribution is -2.48. The van der Waals surface area contributed by atoms with Crippen molar-refractivity contribution in [3.8, 4) is 0 Å². The normalized spacial score (nSPS) is 14.8. The molecule has 1 saturated heterocycles. The molecule has 1 aliphatic heterocycles. The van der Waals surface area contributed by atoms with Gasteiger partial charge in [-0.1, -0.05) is 0 Å². The molecule has 0 radical (unpaired) electrons. The van der Waals surface area contributed by atoms with Gasteiger partial charge in [-0.3, -0.25) is 4.79 Å². The van der Waals surface area contributed by atoms with E-state index in [2.05, 4.69) is 25.2 Å². The van der Waals surface area contributed by atoms with Crippen LogP contribution in [0.4, 0.5) is 11.1 Å². The Bertz CT molecular complexity index is 598. The number of thiazole rings is 1. The largest absolute Gasteiger partial charge is 0.354 e. The Morgan fingerprint density at radius 1 is 1.13 bits per heavy atom. The van der Waals surface area contributed by atoms with Crippen molar-refractivity contribution < 1.29 is 4.79 Å². The van der Waals surface area contributed by atoms with Crippen molar-refractivity contribution in [2.45, 2.75) is 12.8 Å². The number of hydrogen-bond acceptors (Lipinski definition) is 7. The van der Waals surface area contributed by atoms with E-state index in [-0.39, 0.29) is 5.91 Å². The van der Waals surface area contributed by atoms with Crippen LogP contribution in [0.15, 0.2) is 30.0 Å². The summed E-state index contributed by atoms with van der Waals surface area (Å²) in [7, 11) is 0. The van der Waals surface area contributed by atoms with Gasteiger partial charge in [0.2, 0.25) is 11.9 Å². The van der Waals surface area contributed by atoms with Crippen LogP contribution in [0.3, 0.4) is 0 Å². The maximum atomic E-state index is 12.2. The molecule has 7 nitrogen and oxygen atoms in total. The number of amides is 1.